The second-order valence-electron chi connectivity index (χ2n) is 4.54. The summed E-state index contributed by atoms with van der Waals surface area (Å²) in [7, 11) is 0. The van der Waals surface area contributed by atoms with Gasteiger partial charge in [-0.3, -0.25) is 0 Å². The molecule has 2 atom stereocenters. The highest BCUT2D eigenvalue weighted by molar-refractivity contribution is 7.04. The van der Waals surface area contributed by atoms with E-state index in [1.165, 1.54) is 30.8 Å². The van der Waals surface area contributed by atoms with Crippen molar-refractivity contribution < 1.29 is 0 Å². The molecule has 1 aromatic rings. The van der Waals surface area contributed by atoms with E-state index in [1.54, 1.807) is 0 Å². The molecule has 1 spiro atoms. The van der Waals surface area contributed by atoms with Crippen LogP contribution in [-0.4, -0.2) is 16.5 Å². The predicted octanol–water partition coefficient (Wildman–Crippen LogP) is 1.82. The molecule has 3 rings (SSSR count). The van der Waals surface area contributed by atoms with Gasteiger partial charge in [0.05, 0.1) is 11.9 Å². The van der Waals surface area contributed by atoms with Crippen LogP contribution in [0.4, 0.5) is 5.69 Å². The lowest BCUT2D eigenvalue weighted by atomic mass is 9.50. The van der Waals surface area contributed by atoms with E-state index < -0.39 is 0 Å². The third-order valence-electron chi connectivity index (χ3n) is 3.98. The quantitative estimate of drug-likeness (QED) is 0.781. The van der Waals surface area contributed by atoms with Crippen molar-refractivity contribution in [3.63, 3.8) is 0 Å². The van der Waals surface area contributed by atoms with Crippen molar-refractivity contribution in [1.29, 1.82) is 0 Å². The highest BCUT2D eigenvalue weighted by Crippen LogP contribution is 2.55. The number of aromatic nitrogens is 1. The Bertz CT molecular complexity index is 318. The summed E-state index contributed by atoms with van der Waals surface area (Å²) in [6.07, 6.45) is 7.00. The lowest BCUT2D eigenvalue weighted by Crippen LogP contribution is -2.67. The van der Waals surface area contributed by atoms with E-state index in [0.29, 0.717) is 17.5 Å². The van der Waals surface area contributed by atoms with Gasteiger partial charge in [-0.1, -0.05) is 6.42 Å². The van der Waals surface area contributed by atoms with Crippen molar-refractivity contribution >= 4 is 17.2 Å². The van der Waals surface area contributed by atoms with Gasteiger partial charge in [0.2, 0.25) is 0 Å². The number of nitrogens with one attached hydrogen (secondary N) is 1. The van der Waals surface area contributed by atoms with Gasteiger partial charge in [0.1, 0.15) is 0 Å². The summed E-state index contributed by atoms with van der Waals surface area (Å²) in [6.45, 7) is 0. The van der Waals surface area contributed by atoms with Gasteiger partial charge in [-0.05, 0) is 30.8 Å². The van der Waals surface area contributed by atoms with Crippen molar-refractivity contribution in [1.82, 2.24) is 4.37 Å². The molecule has 1 heterocycles. The second-order valence-corrected chi connectivity index (χ2v) is 5.20. The molecule has 0 aliphatic heterocycles. The predicted molar refractivity (Wildman–Crippen MR) is 58.4 cm³/mol. The summed E-state index contributed by atoms with van der Waals surface area (Å²) in [4.78, 5) is 0. The number of rotatable bonds is 2. The molecule has 3 N–H and O–H groups in total. The molecule has 76 valence electrons. The molecule has 4 heteroatoms. The van der Waals surface area contributed by atoms with Gasteiger partial charge < -0.3 is 11.1 Å². The summed E-state index contributed by atoms with van der Waals surface area (Å²) in [5.74, 6) is 0. The minimum Gasteiger partial charge on any atom is -0.380 e. The molecule has 2 fully saturated rings. The summed E-state index contributed by atoms with van der Waals surface area (Å²) >= 11 is 1.50. The van der Waals surface area contributed by atoms with Crippen molar-refractivity contribution in [3.8, 4) is 0 Å². The Kier molecular flexibility index (Phi) is 1.82. The van der Waals surface area contributed by atoms with Crippen LogP contribution in [0.1, 0.15) is 25.7 Å². The smallest absolute Gasteiger partial charge is 0.0655 e. The maximum atomic E-state index is 6.09. The van der Waals surface area contributed by atoms with E-state index in [1.807, 2.05) is 6.20 Å². The average Bonchev–Trinajstić information content (AvgIpc) is 2.52. The first-order chi connectivity index (χ1) is 6.81. The highest BCUT2D eigenvalue weighted by Gasteiger charge is 2.56. The van der Waals surface area contributed by atoms with Gasteiger partial charge >= 0.3 is 0 Å². The first kappa shape index (κ1) is 8.68. The number of anilines is 1. The zero-order valence-corrected chi connectivity index (χ0v) is 8.89. The van der Waals surface area contributed by atoms with Crippen LogP contribution >= 0.6 is 11.5 Å². The van der Waals surface area contributed by atoms with Crippen LogP contribution in [0, 0.1) is 5.41 Å². The minimum atomic E-state index is 0.431. The molecule has 0 saturated heterocycles. The third-order valence-corrected chi connectivity index (χ3v) is 4.57. The Balaban J connectivity index is 1.70. The van der Waals surface area contributed by atoms with Crippen molar-refractivity contribution in [2.45, 2.75) is 37.8 Å². The molecule has 2 unspecified atom stereocenters. The number of nitrogens with zero attached hydrogens (tertiary/aromatic N) is 1. The molecule has 0 aromatic carbocycles. The van der Waals surface area contributed by atoms with E-state index >= 15 is 0 Å². The van der Waals surface area contributed by atoms with Crippen LogP contribution in [0.5, 0.6) is 0 Å². The van der Waals surface area contributed by atoms with Gasteiger partial charge in [-0.15, -0.1) is 0 Å². The first-order valence-corrected chi connectivity index (χ1v) is 6.06. The molecule has 2 saturated carbocycles. The standard InChI is InChI=1S/C10H15N3S/c11-8-4-9(10(8)2-1-3-10)13-7-5-12-14-6-7/h5-6,8-9,13H,1-4,11H2. The molecule has 0 bridgehead atoms. The molecule has 0 amide bonds. The zero-order valence-electron chi connectivity index (χ0n) is 8.07. The lowest BCUT2D eigenvalue weighted by Gasteiger charge is -2.60. The fraction of sp³-hybridized carbons (Fsp3) is 0.700. The van der Waals surface area contributed by atoms with Gasteiger partial charge in [0.15, 0.2) is 0 Å². The van der Waals surface area contributed by atoms with Crippen molar-refractivity contribution in [3.05, 3.63) is 11.6 Å². The SMILES string of the molecule is NC1CC(Nc2cnsc2)C12CCC2. The molecule has 1 aromatic heterocycles. The van der Waals surface area contributed by atoms with Gasteiger partial charge in [0.25, 0.3) is 0 Å². The van der Waals surface area contributed by atoms with Gasteiger partial charge in [-0.25, -0.2) is 0 Å². The Hall–Kier alpha value is -0.610. The van der Waals surface area contributed by atoms with Crippen molar-refractivity contribution in [2.24, 2.45) is 11.1 Å². The monoisotopic (exact) mass is 209 g/mol. The molecular formula is C10H15N3S. The van der Waals surface area contributed by atoms with Crippen LogP contribution in [0.15, 0.2) is 11.6 Å². The summed E-state index contributed by atoms with van der Waals surface area (Å²) < 4.78 is 4.09. The molecule has 2 aliphatic carbocycles. The Morgan fingerprint density at radius 2 is 2.43 bits per heavy atom. The number of hydrogen-bond donors (Lipinski definition) is 2. The molecule has 2 aliphatic rings. The Morgan fingerprint density at radius 3 is 2.93 bits per heavy atom. The van der Waals surface area contributed by atoms with E-state index in [4.69, 9.17) is 5.73 Å². The van der Waals surface area contributed by atoms with Gasteiger partial charge in [-0.2, -0.15) is 4.37 Å². The normalized spacial score (nSPS) is 33.5. The average molecular weight is 209 g/mol. The molecular weight excluding hydrogens is 194 g/mol. The van der Waals surface area contributed by atoms with E-state index in [0.717, 1.165) is 12.1 Å². The fourth-order valence-corrected chi connectivity index (χ4v) is 3.28. The topological polar surface area (TPSA) is 50.9 Å². The molecule has 14 heavy (non-hydrogen) atoms. The maximum Gasteiger partial charge on any atom is 0.0655 e. The third kappa shape index (κ3) is 1.04. The van der Waals surface area contributed by atoms with Crippen LogP contribution in [0.25, 0.3) is 0 Å². The van der Waals surface area contributed by atoms with E-state index in [2.05, 4.69) is 15.1 Å². The van der Waals surface area contributed by atoms with E-state index in [-0.39, 0.29) is 0 Å². The highest BCUT2D eigenvalue weighted by atomic mass is 32.1. The maximum absolute atomic E-state index is 6.09. The zero-order chi connectivity index (χ0) is 9.60. The molecule has 3 nitrogen and oxygen atoms in total. The lowest BCUT2D eigenvalue weighted by molar-refractivity contribution is -0.0145. The fourth-order valence-electron chi connectivity index (χ4n) is 2.81. The first-order valence-electron chi connectivity index (χ1n) is 5.23. The summed E-state index contributed by atoms with van der Waals surface area (Å²) in [5, 5.41) is 5.62. The molecule has 0 radical (unpaired) electrons. The van der Waals surface area contributed by atoms with Crippen LogP contribution in [0.2, 0.25) is 0 Å². The van der Waals surface area contributed by atoms with E-state index in [9.17, 15) is 0 Å². The Morgan fingerprint density at radius 1 is 1.57 bits per heavy atom. The number of nitrogens with two attached hydrogens (primary N) is 1. The van der Waals surface area contributed by atoms with Gasteiger partial charge in [0, 0.05) is 22.9 Å². The van der Waals surface area contributed by atoms with Crippen molar-refractivity contribution in [2.75, 3.05) is 5.32 Å². The van der Waals surface area contributed by atoms with Crippen LogP contribution < -0.4 is 11.1 Å². The summed E-state index contributed by atoms with van der Waals surface area (Å²) in [5.41, 5.74) is 7.68. The Labute approximate surface area is 87.9 Å². The second kappa shape index (κ2) is 2.94. The largest absolute Gasteiger partial charge is 0.380 e. The minimum absolute atomic E-state index is 0.431. The van der Waals surface area contributed by atoms with Crippen LogP contribution in [-0.2, 0) is 0 Å². The summed E-state index contributed by atoms with van der Waals surface area (Å²) in [6, 6.07) is 1.03. The number of hydrogen-bond acceptors (Lipinski definition) is 4. The van der Waals surface area contributed by atoms with Crippen LogP contribution in [0.3, 0.4) is 0 Å².